The molecule has 0 aliphatic rings. The van der Waals surface area contributed by atoms with E-state index in [1.54, 1.807) is 7.11 Å². The van der Waals surface area contributed by atoms with E-state index in [1.807, 2.05) is 32.0 Å². The Labute approximate surface area is 123 Å². The molecule has 0 amide bonds. The third kappa shape index (κ3) is 3.39. The van der Waals surface area contributed by atoms with E-state index in [2.05, 4.69) is 5.32 Å². The van der Waals surface area contributed by atoms with Gasteiger partial charge in [0, 0.05) is 11.1 Å². The van der Waals surface area contributed by atoms with Gasteiger partial charge in [-0.2, -0.15) is 0 Å². The van der Waals surface area contributed by atoms with Gasteiger partial charge in [0.05, 0.1) is 13.2 Å². The number of benzene rings is 2. The van der Waals surface area contributed by atoms with Crippen LogP contribution >= 0.6 is 0 Å². The van der Waals surface area contributed by atoms with Crippen molar-refractivity contribution in [3.63, 3.8) is 0 Å². The number of methoxy groups -OCH3 is 1. The van der Waals surface area contributed by atoms with Crippen molar-refractivity contribution in [3.8, 4) is 5.75 Å². The second-order valence-electron chi connectivity index (χ2n) is 4.90. The predicted molar refractivity (Wildman–Crippen MR) is 79.6 cm³/mol. The van der Waals surface area contributed by atoms with Gasteiger partial charge >= 0.3 is 0 Å². The summed E-state index contributed by atoms with van der Waals surface area (Å²) < 4.78 is 33.0. The highest BCUT2D eigenvalue weighted by molar-refractivity contribution is 5.44. The topological polar surface area (TPSA) is 21.3 Å². The van der Waals surface area contributed by atoms with Crippen LogP contribution < -0.4 is 10.1 Å². The smallest absolute Gasteiger partial charge is 0.128 e. The Morgan fingerprint density at radius 1 is 1.10 bits per heavy atom. The number of hydrogen-bond donors (Lipinski definition) is 1. The van der Waals surface area contributed by atoms with E-state index in [0.717, 1.165) is 23.3 Å². The molecule has 0 spiro atoms. The van der Waals surface area contributed by atoms with Crippen molar-refractivity contribution in [2.24, 2.45) is 0 Å². The summed E-state index contributed by atoms with van der Waals surface area (Å²) in [6.45, 7) is 4.50. The number of nitrogens with one attached hydrogen (secondary N) is 1. The van der Waals surface area contributed by atoms with Gasteiger partial charge in [-0.05, 0) is 43.3 Å². The van der Waals surface area contributed by atoms with Crippen LogP contribution in [0.5, 0.6) is 5.75 Å². The minimum Gasteiger partial charge on any atom is -0.496 e. The molecule has 4 heteroatoms. The summed E-state index contributed by atoms with van der Waals surface area (Å²) in [6, 6.07) is 8.73. The second kappa shape index (κ2) is 6.68. The molecule has 2 aromatic rings. The molecule has 0 aliphatic heterocycles. The SMILES string of the molecule is CCNC(c1cc(F)ccc1F)c1ccc(C)cc1OC. The molecule has 0 heterocycles. The van der Waals surface area contributed by atoms with Crippen LogP contribution in [-0.4, -0.2) is 13.7 Å². The summed E-state index contributed by atoms with van der Waals surface area (Å²) in [5.41, 5.74) is 2.11. The summed E-state index contributed by atoms with van der Waals surface area (Å²) >= 11 is 0. The van der Waals surface area contributed by atoms with E-state index >= 15 is 0 Å². The van der Waals surface area contributed by atoms with Crippen molar-refractivity contribution in [2.75, 3.05) is 13.7 Å². The Kier molecular flexibility index (Phi) is 4.91. The molecule has 21 heavy (non-hydrogen) atoms. The van der Waals surface area contributed by atoms with E-state index in [9.17, 15) is 8.78 Å². The fourth-order valence-electron chi connectivity index (χ4n) is 2.38. The summed E-state index contributed by atoms with van der Waals surface area (Å²) in [6.07, 6.45) is 0. The molecule has 2 aromatic carbocycles. The van der Waals surface area contributed by atoms with Gasteiger partial charge in [-0.3, -0.25) is 0 Å². The first kappa shape index (κ1) is 15.4. The molecule has 0 aliphatic carbocycles. The van der Waals surface area contributed by atoms with Crippen molar-refractivity contribution < 1.29 is 13.5 Å². The van der Waals surface area contributed by atoms with E-state index in [0.29, 0.717) is 12.3 Å². The van der Waals surface area contributed by atoms with Crippen LogP contribution in [0.2, 0.25) is 0 Å². The molecule has 0 radical (unpaired) electrons. The van der Waals surface area contributed by atoms with Crippen molar-refractivity contribution in [1.29, 1.82) is 0 Å². The molecule has 0 saturated carbocycles. The van der Waals surface area contributed by atoms with Gasteiger partial charge in [0.15, 0.2) is 0 Å². The molecule has 1 N–H and O–H groups in total. The number of hydrogen-bond acceptors (Lipinski definition) is 2. The predicted octanol–water partition coefficient (Wildman–Crippen LogP) is 3.98. The van der Waals surface area contributed by atoms with E-state index in [4.69, 9.17) is 4.74 Å². The maximum atomic E-state index is 14.1. The standard InChI is InChI=1S/C17H19F2NO/c1-4-20-17(14-10-12(18)6-8-15(14)19)13-7-5-11(2)9-16(13)21-3/h5-10,17,20H,4H2,1-3H3. The molecular formula is C17H19F2NO. The molecule has 0 bridgehead atoms. The third-order valence-corrected chi connectivity index (χ3v) is 3.38. The number of halogens is 2. The van der Waals surface area contributed by atoms with Gasteiger partial charge in [-0.1, -0.05) is 19.1 Å². The van der Waals surface area contributed by atoms with Crippen molar-refractivity contribution in [2.45, 2.75) is 19.9 Å². The summed E-state index contributed by atoms with van der Waals surface area (Å²) in [7, 11) is 1.57. The summed E-state index contributed by atoms with van der Waals surface area (Å²) in [4.78, 5) is 0. The van der Waals surface area contributed by atoms with Crippen molar-refractivity contribution in [3.05, 3.63) is 64.7 Å². The molecule has 1 atom stereocenters. The van der Waals surface area contributed by atoms with Crippen molar-refractivity contribution >= 4 is 0 Å². The maximum Gasteiger partial charge on any atom is 0.128 e. The Balaban J connectivity index is 2.55. The lowest BCUT2D eigenvalue weighted by atomic mass is 9.96. The van der Waals surface area contributed by atoms with Crippen molar-refractivity contribution in [1.82, 2.24) is 5.32 Å². The minimum absolute atomic E-state index is 0.277. The van der Waals surface area contributed by atoms with Crippen LogP contribution in [-0.2, 0) is 0 Å². The Bertz CT molecular complexity index is 628. The highest BCUT2D eigenvalue weighted by Gasteiger charge is 2.21. The molecule has 2 rings (SSSR count). The summed E-state index contributed by atoms with van der Waals surface area (Å²) in [5.74, 6) is -0.241. The van der Waals surface area contributed by atoms with Gasteiger partial charge in [0.2, 0.25) is 0 Å². The normalized spacial score (nSPS) is 12.2. The third-order valence-electron chi connectivity index (χ3n) is 3.38. The lowest BCUT2D eigenvalue weighted by Crippen LogP contribution is -2.23. The second-order valence-corrected chi connectivity index (χ2v) is 4.90. The quantitative estimate of drug-likeness (QED) is 0.899. The lowest BCUT2D eigenvalue weighted by Gasteiger charge is -2.22. The fourth-order valence-corrected chi connectivity index (χ4v) is 2.38. The average Bonchev–Trinajstić information content (AvgIpc) is 2.48. The number of ether oxygens (including phenoxy) is 1. The minimum atomic E-state index is -0.458. The Hall–Kier alpha value is -1.94. The van der Waals surface area contributed by atoms with Crippen LogP contribution in [0.4, 0.5) is 8.78 Å². The molecule has 0 saturated heterocycles. The lowest BCUT2D eigenvalue weighted by molar-refractivity contribution is 0.403. The van der Waals surface area contributed by atoms with Gasteiger partial charge in [-0.25, -0.2) is 8.78 Å². The largest absolute Gasteiger partial charge is 0.496 e. The molecular weight excluding hydrogens is 272 g/mol. The molecule has 2 nitrogen and oxygen atoms in total. The molecule has 0 aromatic heterocycles. The van der Waals surface area contributed by atoms with Gasteiger partial charge < -0.3 is 10.1 Å². The van der Waals surface area contributed by atoms with E-state index in [-0.39, 0.29) is 5.56 Å². The maximum absolute atomic E-state index is 14.1. The average molecular weight is 291 g/mol. The first-order chi connectivity index (χ1) is 10.1. The number of rotatable bonds is 5. The van der Waals surface area contributed by atoms with E-state index in [1.165, 1.54) is 6.07 Å². The zero-order valence-corrected chi connectivity index (χ0v) is 12.4. The Morgan fingerprint density at radius 3 is 2.52 bits per heavy atom. The monoisotopic (exact) mass is 291 g/mol. The van der Waals surface area contributed by atoms with E-state index < -0.39 is 17.7 Å². The fraction of sp³-hybridized carbons (Fsp3) is 0.294. The van der Waals surface area contributed by atoms with Gasteiger partial charge in [0.1, 0.15) is 17.4 Å². The zero-order valence-electron chi connectivity index (χ0n) is 12.4. The van der Waals surface area contributed by atoms with Gasteiger partial charge in [0.25, 0.3) is 0 Å². The van der Waals surface area contributed by atoms with Crippen LogP contribution in [0.1, 0.15) is 29.7 Å². The zero-order chi connectivity index (χ0) is 15.4. The Morgan fingerprint density at radius 2 is 1.86 bits per heavy atom. The van der Waals surface area contributed by atoms with Crippen LogP contribution in [0, 0.1) is 18.6 Å². The molecule has 0 fully saturated rings. The highest BCUT2D eigenvalue weighted by atomic mass is 19.1. The first-order valence-electron chi connectivity index (χ1n) is 6.89. The van der Waals surface area contributed by atoms with Gasteiger partial charge in [-0.15, -0.1) is 0 Å². The van der Waals surface area contributed by atoms with Crippen LogP contribution in [0.3, 0.4) is 0 Å². The van der Waals surface area contributed by atoms with Crippen LogP contribution in [0.25, 0.3) is 0 Å². The molecule has 1 unspecified atom stereocenters. The molecule has 112 valence electrons. The van der Waals surface area contributed by atoms with Crippen LogP contribution in [0.15, 0.2) is 36.4 Å². The first-order valence-corrected chi connectivity index (χ1v) is 6.89. The summed E-state index contributed by atoms with van der Waals surface area (Å²) in [5, 5.41) is 3.19. The number of aryl methyl sites for hydroxylation is 1. The highest BCUT2D eigenvalue weighted by Crippen LogP contribution is 2.32.